The monoisotopic (exact) mass is 259 g/mol. The second-order valence-electron chi connectivity index (χ2n) is 5.05. The summed E-state index contributed by atoms with van der Waals surface area (Å²) in [5.41, 5.74) is 0.317. The van der Waals surface area contributed by atoms with E-state index in [0.29, 0.717) is 18.6 Å². The van der Waals surface area contributed by atoms with Gasteiger partial charge in [-0.2, -0.15) is 13.2 Å². The topological polar surface area (TPSA) is 3.24 Å². The molecule has 18 heavy (non-hydrogen) atoms. The molecule has 1 nitrogen and oxygen atoms in total. The fraction of sp³-hybridized carbons (Fsp3) is 0.571. The molecule has 1 rings (SSSR count). The number of nitrogens with zero attached hydrogens (tertiary/aromatic N) is 1. The van der Waals surface area contributed by atoms with Gasteiger partial charge in [-0.25, -0.2) is 0 Å². The van der Waals surface area contributed by atoms with Gasteiger partial charge in [0.05, 0.1) is 5.56 Å². The third-order valence-corrected chi connectivity index (χ3v) is 2.97. The summed E-state index contributed by atoms with van der Waals surface area (Å²) in [5, 5.41) is 0. The highest BCUT2D eigenvalue weighted by molar-refractivity contribution is 5.24. The minimum absolute atomic E-state index is 0.368. The van der Waals surface area contributed by atoms with Crippen LogP contribution in [0.4, 0.5) is 13.2 Å². The lowest BCUT2D eigenvalue weighted by Crippen LogP contribution is -2.36. The molecule has 1 aromatic rings. The number of rotatable bonds is 4. The molecule has 0 N–H and O–H groups in total. The first kappa shape index (κ1) is 15.0. The summed E-state index contributed by atoms with van der Waals surface area (Å²) < 4.78 is 37.3. The number of halogens is 3. The first-order chi connectivity index (χ1) is 8.21. The molecule has 102 valence electrons. The highest BCUT2D eigenvalue weighted by atomic mass is 19.4. The van der Waals surface area contributed by atoms with Gasteiger partial charge < -0.3 is 0 Å². The van der Waals surface area contributed by atoms with Crippen LogP contribution in [0.15, 0.2) is 24.3 Å². The molecule has 0 saturated carbocycles. The Morgan fingerprint density at radius 2 is 1.39 bits per heavy atom. The Kier molecular flexibility index (Phi) is 4.79. The van der Waals surface area contributed by atoms with E-state index >= 15 is 0 Å². The van der Waals surface area contributed by atoms with Gasteiger partial charge in [0.1, 0.15) is 0 Å². The first-order valence-electron chi connectivity index (χ1n) is 6.13. The third kappa shape index (κ3) is 4.02. The fourth-order valence-electron chi connectivity index (χ4n) is 1.97. The normalized spacial score (nSPS) is 12.8. The minimum Gasteiger partial charge on any atom is -0.294 e. The Labute approximate surface area is 107 Å². The molecule has 0 aliphatic carbocycles. The van der Waals surface area contributed by atoms with E-state index in [0.717, 1.165) is 17.7 Å². The number of hydrogen-bond donors (Lipinski definition) is 0. The van der Waals surface area contributed by atoms with Crippen molar-refractivity contribution in [3.05, 3.63) is 35.4 Å². The average Bonchev–Trinajstić information content (AvgIpc) is 2.24. The van der Waals surface area contributed by atoms with E-state index in [2.05, 4.69) is 32.6 Å². The fourth-order valence-corrected chi connectivity index (χ4v) is 1.97. The zero-order chi connectivity index (χ0) is 13.9. The zero-order valence-corrected chi connectivity index (χ0v) is 11.3. The van der Waals surface area contributed by atoms with Crippen LogP contribution in [0.2, 0.25) is 0 Å². The average molecular weight is 259 g/mol. The van der Waals surface area contributed by atoms with Crippen molar-refractivity contribution < 1.29 is 13.2 Å². The van der Waals surface area contributed by atoms with Crippen molar-refractivity contribution in [2.45, 2.75) is 52.5 Å². The van der Waals surface area contributed by atoms with Crippen LogP contribution in [0.5, 0.6) is 0 Å². The van der Waals surface area contributed by atoms with Crippen molar-refractivity contribution in [1.82, 2.24) is 4.90 Å². The molecule has 4 heteroatoms. The van der Waals surface area contributed by atoms with Gasteiger partial charge in [-0.3, -0.25) is 4.90 Å². The van der Waals surface area contributed by atoms with Crippen molar-refractivity contribution in [3.8, 4) is 0 Å². The second-order valence-corrected chi connectivity index (χ2v) is 5.05. The Hall–Kier alpha value is -1.03. The van der Waals surface area contributed by atoms with E-state index in [1.807, 2.05) is 0 Å². The first-order valence-corrected chi connectivity index (χ1v) is 6.13. The lowest BCUT2D eigenvalue weighted by molar-refractivity contribution is -0.137. The van der Waals surface area contributed by atoms with Gasteiger partial charge in [-0.05, 0) is 45.4 Å². The van der Waals surface area contributed by atoms with Crippen LogP contribution < -0.4 is 0 Å². The van der Waals surface area contributed by atoms with E-state index in [4.69, 9.17) is 0 Å². The Balaban J connectivity index is 2.80. The lowest BCUT2D eigenvalue weighted by Gasteiger charge is -2.30. The molecule has 0 amide bonds. The van der Waals surface area contributed by atoms with Crippen LogP contribution in [0.25, 0.3) is 0 Å². The Morgan fingerprint density at radius 3 is 1.72 bits per heavy atom. The molecule has 0 atom stereocenters. The largest absolute Gasteiger partial charge is 0.416 e. The van der Waals surface area contributed by atoms with Gasteiger partial charge in [0.2, 0.25) is 0 Å². The van der Waals surface area contributed by atoms with Gasteiger partial charge in [0.25, 0.3) is 0 Å². The molecule has 0 heterocycles. The molecule has 1 aromatic carbocycles. The maximum atomic E-state index is 12.4. The molecular formula is C14H20F3N. The summed E-state index contributed by atoms with van der Waals surface area (Å²) in [4.78, 5) is 2.24. The molecule has 0 fully saturated rings. The van der Waals surface area contributed by atoms with Gasteiger partial charge >= 0.3 is 6.18 Å². The third-order valence-electron chi connectivity index (χ3n) is 2.97. The van der Waals surface area contributed by atoms with Crippen LogP contribution in [0.1, 0.15) is 38.8 Å². The van der Waals surface area contributed by atoms with Crippen LogP contribution in [-0.2, 0) is 12.7 Å². The van der Waals surface area contributed by atoms with E-state index in [9.17, 15) is 13.2 Å². The summed E-state index contributed by atoms with van der Waals surface area (Å²) in [6.07, 6.45) is -4.26. The molecule has 0 radical (unpaired) electrons. The maximum absolute atomic E-state index is 12.4. The Bertz CT molecular complexity index is 358. The standard InChI is InChI=1S/C14H20F3N/c1-10(2)18(11(3)4)9-12-5-7-13(8-6-12)14(15,16)17/h5-8,10-11H,9H2,1-4H3. The van der Waals surface area contributed by atoms with Crippen molar-refractivity contribution in [2.24, 2.45) is 0 Å². The van der Waals surface area contributed by atoms with Crippen LogP contribution in [0.3, 0.4) is 0 Å². The van der Waals surface area contributed by atoms with Crippen LogP contribution in [0, 0.1) is 0 Å². The smallest absolute Gasteiger partial charge is 0.294 e. The highest BCUT2D eigenvalue weighted by Crippen LogP contribution is 2.29. The van der Waals surface area contributed by atoms with E-state index in [1.54, 1.807) is 12.1 Å². The number of hydrogen-bond acceptors (Lipinski definition) is 1. The molecule has 0 aliphatic rings. The van der Waals surface area contributed by atoms with E-state index in [1.165, 1.54) is 0 Å². The summed E-state index contributed by atoms with van der Waals surface area (Å²) in [7, 11) is 0. The summed E-state index contributed by atoms with van der Waals surface area (Å²) in [6.45, 7) is 9.02. The summed E-state index contributed by atoms with van der Waals surface area (Å²) >= 11 is 0. The molecule has 0 saturated heterocycles. The molecular weight excluding hydrogens is 239 g/mol. The predicted molar refractivity (Wildman–Crippen MR) is 67.3 cm³/mol. The van der Waals surface area contributed by atoms with E-state index < -0.39 is 11.7 Å². The highest BCUT2D eigenvalue weighted by Gasteiger charge is 2.30. The quantitative estimate of drug-likeness (QED) is 0.778. The lowest BCUT2D eigenvalue weighted by atomic mass is 10.1. The minimum atomic E-state index is -4.26. The van der Waals surface area contributed by atoms with Crippen molar-refractivity contribution in [3.63, 3.8) is 0 Å². The molecule has 0 bridgehead atoms. The SMILES string of the molecule is CC(C)N(Cc1ccc(C(F)(F)F)cc1)C(C)C. The predicted octanol–water partition coefficient (Wildman–Crippen LogP) is 4.32. The summed E-state index contributed by atoms with van der Waals surface area (Å²) in [5.74, 6) is 0. The summed E-state index contributed by atoms with van der Waals surface area (Å²) in [6, 6.07) is 6.14. The maximum Gasteiger partial charge on any atom is 0.416 e. The zero-order valence-electron chi connectivity index (χ0n) is 11.3. The molecule has 0 unspecified atom stereocenters. The Morgan fingerprint density at radius 1 is 0.944 bits per heavy atom. The van der Waals surface area contributed by atoms with Crippen molar-refractivity contribution >= 4 is 0 Å². The molecule has 0 aromatic heterocycles. The van der Waals surface area contributed by atoms with Gasteiger partial charge in [0, 0.05) is 18.6 Å². The molecule has 0 aliphatic heterocycles. The van der Waals surface area contributed by atoms with Crippen molar-refractivity contribution in [1.29, 1.82) is 0 Å². The van der Waals surface area contributed by atoms with Gasteiger partial charge in [-0.15, -0.1) is 0 Å². The van der Waals surface area contributed by atoms with Crippen molar-refractivity contribution in [2.75, 3.05) is 0 Å². The number of benzene rings is 1. The van der Waals surface area contributed by atoms with E-state index in [-0.39, 0.29) is 0 Å². The second kappa shape index (κ2) is 5.74. The number of alkyl halides is 3. The van der Waals surface area contributed by atoms with Gasteiger partial charge in [0.15, 0.2) is 0 Å². The molecule has 0 spiro atoms. The van der Waals surface area contributed by atoms with Crippen LogP contribution >= 0.6 is 0 Å². The van der Waals surface area contributed by atoms with Gasteiger partial charge in [-0.1, -0.05) is 12.1 Å². The van der Waals surface area contributed by atoms with Crippen LogP contribution in [-0.4, -0.2) is 17.0 Å².